The van der Waals surface area contributed by atoms with Gasteiger partial charge in [-0.1, -0.05) is 0 Å². The molecule has 0 aliphatic carbocycles. The minimum atomic E-state index is -6.03. The lowest BCUT2D eigenvalue weighted by molar-refractivity contribution is -0.0501. The van der Waals surface area contributed by atoms with E-state index in [2.05, 4.69) is 19.6 Å². The van der Waals surface area contributed by atoms with Crippen molar-refractivity contribution in [3.63, 3.8) is 0 Å². The number of alkyl halides is 3. The number of rotatable bonds is 8. The first-order valence-electron chi connectivity index (χ1n) is 13.8. The summed E-state index contributed by atoms with van der Waals surface area (Å²) in [7, 11) is -4.38. The molecule has 0 saturated carbocycles. The summed E-state index contributed by atoms with van der Waals surface area (Å²) in [4.78, 5) is 4.24. The number of piperidine rings is 2. The first kappa shape index (κ1) is 30.4. The lowest BCUT2D eigenvalue weighted by Gasteiger charge is -2.49. The van der Waals surface area contributed by atoms with Crippen molar-refractivity contribution in [1.82, 2.24) is 24.6 Å². The van der Waals surface area contributed by atoms with E-state index in [0.29, 0.717) is 47.2 Å². The van der Waals surface area contributed by atoms with Crippen LogP contribution in [0.15, 0.2) is 30.3 Å². The van der Waals surface area contributed by atoms with E-state index in [4.69, 9.17) is 9.47 Å². The van der Waals surface area contributed by atoms with Gasteiger partial charge in [-0.15, -0.1) is 5.10 Å². The summed E-state index contributed by atoms with van der Waals surface area (Å²) < 4.78 is 96.4. The predicted octanol–water partition coefficient (Wildman–Crippen LogP) is 4.44. The van der Waals surface area contributed by atoms with Gasteiger partial charge in [0, 0.05) is 45.9 Å². The molecular weight excluding hydrogens is 582 g/mol. The average Bonchev–Trinajstić information content (AvgIpc) is 3.30. The Morgan fingerprint density at radius 2 is 1.71 bits per heavy atom. The molecule has 5 rings (SSSR count). The smallest absolute Gasteiger partial charge is 0.473 e. The SMILES string of the molecule is COC1CC[N+](c2cc(OS(=O)(=O)C(F)(F)F)nc3c2c(OC(C)C)nn3-c2ccc(F)cc2)(C2CCNCC2)CC1. The van der Waals surface area contributed by atoms with Crippen molar-refractivity contribution < 1.29 is 39.6 Å². The van der Waals surface area contributed by atoms with Crippen molar-refractivity contribution in [3.8, 4) is 17.4 Å². The van der Waals surface area contributed by atoms with Gasteiger partial charge in [-0.2, -0.15) is 26.6 Å². The number of likely N-dealkylation sites (tertiary alicyclic amines) is 1. The van der Waals surface area contributed by atoms with Crippen molar-refractivity contribution in [2.24, 2.45) is 0 Å². The van der Waals surface area contributed by atoms with Crippen molar-refractivity contribution >= 4 is 26.8 Å². The Labute approximate surface area is 241 Å². The van der Waals surface area contributed by atoms with E-state index in [-0.39, 0.29) is 29.8 Å². The molecule has 10 nitrogen and oxygen atoms in total. The van der Waals surface area contributed by atoms with Crippen LogP contribution in [0.5, 0.6) is 11.8 Å². The Morgan fingerprint density at radius 3 is 2.29 bits per heavy atom. The van der Waals surface area contributed by atoms with Gasteiger partial charge in [-0.05, 0) is 38.1 Å². The van der Waals surface area contributed by atoms with Gasteiger partial charge in [-0.25, -0.2) is 9.07 Å². The van der Waals surface area contributed by atoms with Crippen LogP contribution < -0.4 is 18.7 Å². The molecule has 0 spiro atoms. The first-order chi connectivity index (χ1) is 19.8. The van der Waals surface area contributed by atoms with Gasteiger partial charge in [0.2, 0.25) is 11.8 Å². The maximum atomic E-state index is 13.8. The number of fused-ring (bicyclic) bond motifs is 1. The number of ether oxygens (including phenoxy) is 2. The number of benzene rings is 1. The quantitative estimate of drug-likeness (QED) is 0.172. The van der Waals surface area contributed by atoms with E-state index < -0.39 is 27.3 Å². The maximum absolute atomic E-state index is 13.8. The Morgan fingerprint density at radius 1 is 1.07 bits per heavy atom. The summed E-state index contributed by atoms with van der Waals surface area (Å²) in [5.41, 5.74) is -4.77. The number of quaternary nitrogens is 1. The highest BCUT2D eigenvalue weighted by molar-refractivity contribution is 7.87. The number of hydrogen-bond donors (Lipinski definition) is 1. The molecule has 0 amide bonds. The molecule has 0 bridgehead atoms. The van der Waals surface area contributed by atoms with Gasteiger partial charge < -0.3 is 19.0 Å². The van der Waals surface area contributed by atoms with Crippen LogP contribution in [0.4, 0.5) is 23.2 Å². The number of nitrogens with one attached hydrogen (secondary N) is 1. The van der Waals surface area contributed by atoms with E-state index in [9.17, 15) is 26.0 Å². The van der Waals surface area contributed by atoms with Crippen molar-refractivity contribution in [1.29, 1.82) is 0 Å². The zero-order chi connectivity index (χ0) is 30.3. The molecule has 230 valence electrons. The van der Waals surface area contributed by atoms with Gasteiger partial charge >= 0.3 is 15.6 Å². The number of nitrogens with zero attached hydrogens (tertiary/aromatic N) is 4. The fraction of sp³-hybridized carbons (Fsp3) is 0.556. The van der Waals surface area contributed by atoms with E-state index in [0.717, 1.165) is 25.9 Å². The Balaban J connectivity index is 1.81. The minimum Gasteiger partial charge on any atom is -0.473 e. The molecule has 0 atom stereocenters. The Kier molecular flexibility index (Phi) is 8.40. The molecule has 1 N–H and O–H groups in total. The van der Waals surface area contributed by atoms with Crippen LogP contribution in [0, 0.1) is 5.82 Å². The molecule has 2 aliphatic heterocycles. The topological polar surface area (TPSA) is 105 Å². The lowest BCUT2D eigenvalue weighted by Crippen LogP contribution is -2.63. The van der Waals surface area contributed by atoms with Gasteiger partial charge in [0.25, 0.3) is 0 Å². The highest BCUT2D eigenvalue weighted by Crippen LogP contribution is 2.45. The second-order valence-corrected chi connectivity index (χ2v) is 12.5. The van der Waals surface area contributed by atoms with E-state index in [1.54, 1.807) is 7.11 Å². The molecule has 15 heteroatoms. The Hall–Kier alpha value is -3.01. The molecule has 0 radical (unpaired) electrons. The summed E-state index contributed by atoms with van der Waals surface area (Å²) >= 11 is 0. The monoisotopic (exact) mass is 616 g/mol. The highest BCUT2D eigenvalue weighted by Gasteiger charge is 2.50. The summed E-state index contributed by atoms with van der Waals surface area (Å²) in [6.07, 6.45) is 2.59. The fourth-order valence-electron chi connectivity index (χ4n) is 6.01. The predicted molar refractivity (Wildman–Crippen MR) is 148 cm³/mol. The van der Waals surface area contributed by atoms with Gasteiger partial charge in [0.05, 0.1) is 43.1 Å². The normalized spacial score (nSPS) is 22.5. The summed E-state index contributed by atoms with van der Waals surface area (Å²) in [5, 5.41) is 8.40. The molecular formula is C27H34F4N5O5S+. The molecule has 2 fully saturated rings. The molecule has 4 heterocycles. The summed E-state index contributed by atoms with van der Waals surface area (Å²) in [5.74, 6) is -1.06. The zero-order valence-corrected chi connectivity index (χ0v) is 24.3. The number of halogens is 4. The maximum Gasteiger partial charge on any atom is 0.534 e. The Bertz CT molecular complexity index is 1510. The average molecular weight is 617 g/mol. The summed E-state index contributed by atoms with van der Waals surface area (Å²) in [6, 6.07) is 6.62. The number of pyridine rings is 1. The molecule has 3 aromatic rings. The van der Waals surface area contributed by atoms with Crippen LogP contribution in [0.2, 0.25) is 0 Å². The molecule has 2 aliphatic rings. The third-order valence-corrected chi connectivity index (χ3v) is 8.94. The molecule has 1 aromatic carbocycles. The molecule has 42 heavy (non-hydrogen) atoms. The molecule has 2 saturated heterocycles. The first-order valence-corrected chi connectivity index (χ1v) is 15.2. The van der Waals surface area contributed by atoms with Crippen LogP contribution in [-0.2, 0) is 14.9 Å². The van der Waals surface area contributed by atoms with Crippen LogP contribution in [0.25, 0.3) is 16.7 Å². The lowest BCUT2D eigenvalue weighted by atomic mass is 9.93. The van der Waals surface area contributed by atoms with E-state index in [1.165, 1.54) is 35.0 Å². The third kappa shape index (κ3) is 5.79. The zero-order valence-electron chi connectivity index (χ0n) is 23.5. The minimum absolute atomic E-state index is 0.00458. The van der Waals surface area contributed by atoms with E-state index >= 15 is 0 Å². The third-order valence-electron chi connectivity index (χ3n) is 7.98. The van der Waals surface area contributed by atoms with Gasteiger partial charge in [-0.3, -0.25) is 4.48 Å². The standard InChI is InChI=1S/C27H34F4N5O5S/c1-17(2)40-26-24-22(36(20-8-12-32-13-9-20)14-10-21(39-3)11-15-36)16-23(41-42(37,38)27(29,30)31)33-25(24)35(34-26)19-6-4-18(28)5-7-19/h4-7,16-17,20-21,32H,8-15H2,1-3H3/q+1. The van der Waals surface area contributed by atoms with Crippen molar-refractivity contribution in [3.05, 3.63) is 36.1 Å². The molecule has 2 aromatic heterocycles. The van der Waals surface area contributed by atoms with Crippen LogP contribution in [0.1, 0.15) is 39.5 Å². The van der Waals surface area contributed by atoms with Crippen LogP contribution in [-0.4, -0.2) is 80.2 Å². The van der Waals surface area contributed by atoms with Crippen molar-refractivity contribution in [2.75, 3.05) is 33.3 Å². The number of methoxy groups -OCH3 is 1. The highest BCUT2D eigenvalue weighted by atomic mass is 32.2. The second-order valence-electron chi connectivity index (χ2n) is 10.9. The number of aromatic nitrogens is 3. The largest absolute Gasteiger partial charge is 0.534 e. The van der Waals surface area contributed by atoms with Gasteiger partial charge in [0.15, 0.2) is 11.3 Å². The number of hydrogen-bond acceptors (Lipinski definition) is 8. The van der Waals surface area contributed by atoms with E-state index in [1.807, 2.05) is 13.8 Å². The summed E-state index contributed by atoms with van der Waals surface area (Å²) in [6.45, 7) is 6.29. The van der Waals surface area contributed by atoms with Crippen molar-refractivity contribution in [2.45, 2.75) is 63.3 Å². The second kappa shape index (κ2) is 11.6. The van der Waals surface area contributed by atoms with Gasteiger partial charge in [0.1, 0.15) is 11.2 Å². The van der Waals surface area contributed by atoms with Crippen LogP contribution >= 0.6 is 0 Å². The molecule has 0 unspecified atom stereocenters. The fourth-order valence-corrected chi connectivity index (χ4v) is 6.41. The van der Waals surface area contributed by atoms with Crippen LogP contribution in [0.3, 0.4) is 0 Å².